The van der Waals surface area contributed by atoms with E-state index in [1.54, 1.807) is 12.1 Å². The van der Waals surface area contributed by atoms with E-state index >= 15 is 0 Å². The Morgan fingerprint density at radius 2 is 1.91 bits per heavy atom. The van der Waals surface area contributed by atoms with Gasteiger partial charge in [-0.05, 0) is 73.9 Å². The predicted molar refractivity (Wildman–Crippen MR) is 132 cm³/mol. The topological polar surface area (TPSA) is 96.1 Å². The molecule has 0 atom stereocenters. The Morgan fingerprint density at radius 1 is 1.15 bits per heavy atom. The number of rotatable bonds is 6. The van der Waals surface area contributed by atoms with Crippen LogP contribution < -0.4 is 5.01 Å². The molecule has 0 saturated carbocycles. The Morgan fingerprint density at radius 3 is 2.62 bits per heavy atom. The average molecular weight is 495 g/mol. The van der Waals surface area contributed by atoms with E-state index in [0.29, 0.717) is 29.5 Å². The molecule has 2 aromatic carbocycles. The van der Waals surface area contributed by atoms with E-state index in [1.807, 2.05) is 25.1 Å². The normalized spacial score (nSPS) is 14.9. The molecule has 0 spiro atoms. The van der Waals surface area contributed by atoms with Gasteiger partial charge in [-0.15, -0.1) is 0 Å². The zero-order valence-corrected chi connectivity index (χ0v) is 20.1. The maximum absolute atomic E-state index is 13.5. The summed E-state index contributed by atoms with van der Waals surface area (Å²) in [6.07, 6.45) is 4.69. The van der Waals surface area contributed by atoms with E-state index in [-0.39, 0.29) is 4.90 Å². The van der Waals surface area contributed by atoms with Crippen LogP contribution in [0.5, 0.6) is 0 Å². The summed E-state index contributed by atoms with van der Waals surface area (Å²) >= 11 is 1.35. The number of carbonyl (C=O) groups is 1. The van der Waals surface area contributed by atoms with Gasteiger partial charge in [-0.3, -0.25) is 4.79 Å². The lowest BCUT2D eigenvalue weighted by Gasteiger charge is -2.16. The monoisotopic (exact) mass is 494 g/mol. The molecule has 0 N–H and O–H groups in total. The summed E-state index contributed by atoms with van der Waals surface area (Å²) < 4.78 is 33.4. The number of amides is 1. The first-order valence-electron chi connectivity index (χ1n) is 10.8. The van der Waals surface area contributed by atoms with E-state index in [1.165, 1.54) is 57.4 Å². The number of sulfonamides is 1. The molecule has 1 saturated heterocycles. The molecule has 1 fully saturated rings. The number of hydrazone groups is 1. The summed E-state index contributed by atoms with van der Waals surface area (Å²) in [5.74, 6) is 0.0607. The van der Waals surface area contributed by atoms with Crippen molar-refractivity contribution in [2.75, 3.05) is 18.1 Å². The lowest BCUT2D eigenvalue weighted by Crippen LogP contribution is -2.28. The number of hydrogen-bond acceptors (Lipinski definition) is 7. The highest BCUT2D eigenvalue weighted by molar-refractivity contribution is 7.89. The number of furan rings is 1. The van der Waals surface area contributed by atoms with Crippen LogP contribution in [-0.2, 0) is 10.0 Å². The molecule has 5 rings (SSSR count). The second-order valence-corrected chi connectivity index (χ2v) is 10.9. The van der Waals surface area contributed by atoms with Crippen molar-refractivity contribution in [2.45, 2.75) is 24.7 Å². The summed E-state index contributed by atoms with van der Waals surface area (Å²) in [6.45, 7) is 3.04. The molecule has 10 heteroatoms. The minimum Gasteiger partial charge on any atom is -0.463 e. The molecule has 8 nitrogen and oxygen atoms in total. The minimum absolute atomic E-state index is 0.173. The molecule has 0 aliphatic carbocycles. The zero-order chi connectivity index (χ0) is 23.7. The van der Waals surface area contributed by atoms with Crippen molar-refractivity contribution in [1.82, 2.24) is 9.29 Å². The predicted octanol–water partition coefficient (Wildman–Crippen LogP) is 4.66. The lowest BCUT2D eigenvalue weighted by atomic mass is 10.2. The largest absolute Gasteiger partial charge is 0.463 e. The van der Waals surface area contributed by atoms with Crippen molar-refractivity contribution in [3.8, 4) is 0 Å². The molecule has 34 heavy (non-hydrogen) atoms. The lowest BCUT2D eigenvalue weighted by molar-refractivity contribution is 0.0987. The second-order valence-electron chi connectivity index (χ2n) is 7.98. The van der Waals surface area contributed by atoms with Gasteiger partial charge in [0.15, 0.2) is 0 Å². The quantitative estimate of drug-likeness (QED) is 0.287. The van der Waals surface area contributed by atoms with Crippen molar-refractivity contribution < 1.29 is 17.6 Å². The van der Waals surface area contributed by atoms with Crippen molar-refractivity contribution >= 4 is 48.8 Å². The minimum atomic E-state index is -3.56. The zero-order valence-electron chi connectivity index (χ0n) is 18.4. The summed E-state index contributed by atoms with van der Waals surface area (Å²) in [7, 11) is -3.56. The molecular formula is C24H22N4O4S2. The van der Waals surface area contributed by atoms with Crippen molar-refractivity contribution in [1.29, 1.82) is 0 Å². The van der Waals surface area contributed by atoms with Gasteiger partial charge in [-0.25, -0.2) is 13.4 Å². The number of anilines is 1. The maximum Gasteiger partial charge on any atom is 0.280 e. The third-order valence-electron chi connectivity index (χ3n) is 5.55. The summed E-state index contributed by atoms with van der Waals surface area (Å²) in [5, 5.41) is 5.97. The van der Waals surface area contributed by atoms with E-state index in [9.17, 15) is 13.2 Å². The molecule has 0 bridgehead atoms. The molecule has 0 unspecified atom stereocenters. The highest BCUT2D eigenvalue weighted by atomic mass is 32.2. The van der Waals surface area contributed by atoms with Crippen LogP contribution >= 0.6 is 11.3 Å². The molecule has 174 valence electrons. The van der Waals surface area contributed by atoms with Crippen molar-refractivity contribution in [2.24, 2.45) is 5.10 Å². The first-order chi connectivity index (χ1) is 16.4. The van der Waals surface area contributed by atoms with Crippen LogP contribution in [0, 0.1) is 6.92 Å². The first kappa shape index (κ1) is 22.5. The Hall–Kier alpha value is -3.34. The van der Waals surface area contributed by atoms with Gasteiger partial charge < -0.3 is 4.42 Å². The number of hydrogen-bond donors (Lipinski definition) is 0. The number of carbonyl (C=O) groups excluding carboxylic acids is 1. The van der Waals surface area contributed by atoms with E-state index in [4.69, 9.17) is 4.42 Å². The third-order valence-corrected chi connectivity index (χ3v) is 8.46. The average Bonchev–Trinajstić information content (AvgIpc) is 3.60. The highest BCUT2D eigenvalue weighted by Crippen LogP contribution is 2.31. The maximum atomic E-state index is 13.5. The number of thiazole rings is 1. The first-order valence-corrected chi connectivity index (χ1v) is 13.1. The molecule has 4 aromatic rings. The number of aromatic nitrogens is 1. The fraction of sp³-hybridized carbons (Fsp3) is 0.208. The summed E-state index contributed by atoms with van der Waals surface area (Å²) in [6, 6.07) is 15.3. The Labute approximate surface area is 201 Å². The molecule has 1 amide bonds. The van der Waals surface area contributed by atoms with Gasteiger partial charge in [0, 0.05) is 18.7 Å². The molecule has 1 aliphatic heterocycles. The molecule has 2 aromatic heterocycles. The van der Waals surface area contributed by atoms with Crippen molar-refractivity contribution in [3.05, 3.63) is 77.7 Å². The van der Waals surface area contributed by atoms with Crippen LogP contribution in [0.25, 0.3) is 10.2 Å². The molecule has 0 radical (unpaired) electrons. The third kappa shape index (κ3) is 4.39. The van der Waals surface area contributed by atoms with Gasteiger partial charge in [0.1, 0.15) is 5.76 Å². The Balaban J connectivity index is 1.48. The standard InChI is InChI=1S/C24H22N4O4S2/c1-17-6-11-21-22(15-17)33-24(26-21)28(25-16-19-5-4-14-32-19)23(29)18-7-9-20(10-8-18)34(30,31)27-12-2-3-13-27/h4-11,14-16H,2-3,12-13H2,1H3/b25-16+. The molecule has 3 heterocycles. The van der Waals surface area contributed by atoms with Gasteiger partial charge in [0.2, 0.25) is 15.2 Å². The van der Waals surface area contributed by atoms with Gasteiger partial charge in [0.05, 0.1) is 27.6 Å². The van der Waals surface area contributed by atoms with E-state index in [2.05, 4.69) is 10.1 Å². The molecular weight excluding hydrogens is 472 g/mol. The summed E-state index contributed by atoms with van der Waals surface area (Å²) in [5.41, 5.74) is 2.16. The van der Waals surface area contributed by atoms with E-state index < -0.39 is 15.9 Å². The Kier molecular flexibility index (Phi) is 6.03. The van der Waals surface area contributed by atoms with Gasteiger partial charge in [0.25, 0.3) is 5.91 Å². The fourth-order valence-electron chi connectivity index (χ4n) is 3.75. The van der Waals surface area contributed by atoms with Crippen LogP contribution in [0.15, 0.2) is 75.3 Å². The second kappa shape index (κ2) is 9.13. The number of benzene rings is 2. The van der Waals surface area contributed by atoms with Crippen LogP contribution in [0.3, 0.4) is 0 Å². The van der Waals surface area contributed by atoms with Crippen LogP contribution in [0.2, 0.25) is 0 Å². The van der Waals surface area contributed by atoms with Crippen LogP contribution in [0.1, 0.15) is 34.5 Å². The molecule has 1 aliphatic rings. The SMILES string of the molecule is Cc1ccc2nc(N(/N=C/c3ccco3)C(=O)c3ccc(S(=O)(=O)N4CCCC4)cc3)sc2c1. The van der Waals surface area contributed by atoms with E-state index in [0.717, 1.165) is 28.6 Å². The van der Waals surface area contributed by atoms with Crippen LogP contribution in [-0.4, -0.2) is 42.9 Å². The number of fused-ring (bicyclic) bond motifs is 1. The fourth-order valence-corrected chi connectivity index (χ4v) is 6.28. The highest BCUT2D eigenvalue weighted by Gasteiger charge is 2.28. The van der Waals surface area contributed by atoms with Crippen molar-refractivity contribution in [3.63, 3.8) is 0 Å². The smallest absolute Gasteiger partial charge is 0.280 e. The van der Waals surface area contributed by atoms with Gasteiger partial charge in [-0.1, -0.05) is 17.4 Å². The van der Waals surface area contributed by atoms with Gasteiger partial charge >= 0.3 is 0 Å². The van der Waals surface area contributed by atoms with Gasteiger partial charge in [-0.2, -0.15) is 14.4 Å². The number of aryl methyl sites for hydroxylation is 1. The van der Waals surface area contributed by atoms with Crippen LogP contribution in [0.4, 0.5) is 5.13 Å². The Bertz CT molecular complexity index is 1450. The number of nitrogens with zero attached hydrogens (tertiary/aromatic N) is 4. The summed E-state index contributed by atoms with van der Waals surface area (Å²) in [4.78, 5) is 18.2.